The number of aromatic nitrogens is 4. The molecule has 317 valence electrons. The van der Waals surface area contributed by atoms with Crippen LogP contribution in [0.2, 0.25) is 10.2 Å². The maximum atomic E-state index is 12.9. The first-order valence-electron chi connectivity index (χ1n) is 20.9. The highest BCUT2D eigenvalue weighted by Gasteiger charge is 2.56. The van der Waals surface area contributed by atoms with Crippen molar-refractivity contribution < 1.29 is 18.4 Å². The monoisotopic (exact) mass is 870 g/mol. The van der Waals surface area contributed by atoms with Crippen LogP contribution in [0.3, 0.4) is 0 Å². The number of rotatable bonds is 11. The lowest BCUT2D eigenvalue weighted by molar-refractivity contribution is 0.00533. The van der Waals surface area contributed by atoms with Gasteiger partial charge >= 0.3 is 6.09 Å². The molecule has 1 N–H and O–H groups in total. The van der Waals surface area contributed by atoms with Crippen LogP contribution in [-0.2, 0) is 13.6 Å². The summed E-state index contributed by atoms with van der Waals surface area (Å²) in [6.45, 7) is 24.0. The van der Waals surface area contributed by atoms with Crippen LogP contribution in [0.5, 0.6) is 0 Å². The molecule has 2 heterocycles. The summed E-state index contributed by atoms with van der Waals surface area (Å²) < 4.78 is 23.3. The van der Waals surface area contributed by atoms with Gasteiger partial charge in [0.2, 0.25) is 5.95 Å². The molecule has 1 unspecified atom stereocenters. The quantitative estimate of drug-likeness (QED) is 0.0788. The van der Waals surface area contributed by atoms with E-state index in [9.17, 15) is 4.79 Å². The van der Waals surface area contributed by atoms with Crippen LogP contribution >= 0.6 is 11.6 Å². The molecule has 9 nitrogen and oxygen atoms in total. The number of halogens is 1. The zero-order chi connectivity index (χ0) is 43.7. The third-order valence-electron chi connectivity index (χ3n) is 11.3. The van der Waals surface area contributed by atoms with E-state index in [1.54, 1.807) is 27.1 Å². The van der Waals surface area contributed by atoms with Crippen LogP contribution in [-0.4, -0.2) is 60.8 Å². The van der Waals surface area contributed by atoms with E-state index in [4.69, 9.17) is 41.7 Å². The minimum Gasteiger partial charge on any atom is -0.444 e. The van der Waals surface area contributed by atoms with E-state index in [0.717, 1.165) is 15.9 Å². The Morgan fingerprint density at radius 2 is 1.31 bits per heavy atom. The molecular weight excluding hydrogens is 814 g/mol. The molecule has 7 rings (SSSR count). The SMILES string of the molecule is C=C1[C@@H](C(O[Si](c2ccccc2)c2ccccc2)C(C)(C)C)[C@@H](O[Si](c2ccccc2)(c2ccccc2)C(C)(C)C)C[C@@H]1n1cnc2c(Cl)nc(NC(=O)OC(C)(C)C)nc21. The normalized spacial score (nSPS) is 18.1. The Hall–Kier alpha value is -4.92. The largest absolute Gasteiger partial charge is 0.444 e. The van der Waals surface area contributed by atoms with Gasteiger partial charge in [-0.05, 0) is 64.0 Å². The van der Waals surface area contributed by atoms with Gasteiger partial charge < -0.3 is 18.2 Å². The number of hydrogen-bond donors (Lipinski definition) is 1. The lowest BCUT2D eigenvalue weighted by atomic mass is 9.78. The number of imidazole rings is 1. The van der Waals surface area contributed by atoms with Crippen LogP contribution in [0.25, 0.3) is 11.2 Å². The topological polar surface area (TPSA) is 100 Å². The summed E-state index contributed by atoms with van der Waals surface area (Å²) in [5, 5.41) is 7.21. The predicted molar refractivity (Wildman–Crippen MR) is 251 cm³/mol. The Balaban J connectivity index is 1.40. The smallest absolute Gasteiger partial charge is 0.414 e. The third kappa shape index (κ3) is 9.32. The Morgan fingerprint density at radius 1 is 0.803 bits per heavy atom. The molecule has 6 aromatic rings. The summed E-state index contributed by atoms with van der Waals surface area (Å²) in [7, 11) is -4.88. The van der Waals surface area contributed by atoms with Gasteiger partial charge in [-0.2, -0.15) is 9.97 Å². The fourth-order valence-electron chi connectivity index (χ4n) is 8.66. The second-order valence-electron chi connectivity index (χ2n) is 18.9. The number of carbonyl (C=O) groups excluding carboxylic acids is 1. The van der Waals surface area contributed by atoms with Gasteiger partial charge in [-0.25, -0.2) is 9.78 Å². The lowest BCUT2D eigenvalue weighted by Crippen LogP contribution is -2.68. The number of ether oxygens (including phenoxy) is 1. The Morgan fingerprint density at radius 3 is 1.79 bits per heavy atom. The van der Waals surface area contributed by atoms with Crippen molar-refractivity contribution in [2.45, 2.75) is 97.6 Å². The van der Waals surface area contributed by atoms with Crippen LogP contribution in [0.1, 0.15) is 74.8 Å². The fourth-order valence-corrected chi connectivity index (χ4v) is 15.9. The van der Waals surface area contributed by atoms with E-state index in [-0.39, 0.29) is 45.7 Å². The van der Waals surface area contributed by atoms with E-state index in [0.29, 0.717) is 17.6 Å². The van der Waals surface area contributed by atoms with E-state index in [2.05, 4.69) is 161 Å². The number of benzene rings is 4. The Kier molecular flexibility index (Phi) is 12.6. The number of hydrogen-bond acceptors (Lipinski definition) is 7. The van der Waals surface area contributed by atoms with Gasteiger partial charge in [0.05, 0.1) is 24.6 Å². The average molecular weight is 872 g/mol. The van der Waals surface area contributed by atoms with Crippen LogP contribution in [0.15, 0.2) is 140 Å². The van der Waals surface area contributed by atoms with Crippen molar-refractivity contribution in [2.24, 2.45) is 11.3 Å². The molecule has 0 aliphatic heterocycles. The highest BCUT2D eigenvalue weighted by Crippen LogP contribution is 2.50. The zero-order valence-electron chi connectivity index (χ0n) is 36.6. The number of fused-ring (bicyclic) bond motifs is 1. The highest BCUT2D eigenvalue weighted by molar-refractivity contribution is 6.99. The van der Waals surface area contributed by atoms with Crippen LogP contribution in [0.4, 0.5) is 10.7 Å². The first-order chi connectivity index (χ1) is 28.9. The molecular formula is C49H57ClN5O4Si2. The van der Waals surface area contributed by atoms with E-state index >= 15 is 0 Å². The summed E-state index contributed by atoms with van der Waals surface area (Å²) in [6.07, 6.45) is 0.941. The summed E-state index contributed by atoms with van der Waals surface area (Å²) in [6, 6.07) is 42.3. The van der Waals surface area contributed by atoms with Gasteiger partial charge in [-0.15, -0.1) is 0 Å². The van der Waals surface area contributed by atoms with Crippen molar-refractivity contribution >= 4 is 72.9 Å². The summed E-state index contributed by atoms with van der Waals surface area (Å²) >= 11 is 6.77. The molecule has 0 saturated heterocycles. The van der Waals surface area contributed by atoms with Crippen LogP contribution < -0.4 is 26.1 Å². The van der Waals surface area contributed by atoms with Gasteiger partial charge in [0.15, 0.2) is 10.8 Å². The fraction of sp³-hybridized carbons (Fsp3) is 0.347. The zero-order valence-corrected chi connectivity index (χ0v) is 39.4. The standard InChI is InChI=1S/C49H57ClN5O4Si2/c1-33-38(55-32-51-41-43(50)52-45(53-44(41)55)54-46(56)57-48(5,6)7)31-39(59-61(49(8,9)10,36-27-19-13-20-28-36)37-29-21-14-22-30-37)40(33)42(47(2,3)4)58-60(34-23-15-11-16-24-34)35-25-17-12-18-26-35/h11-30,32,38-40,42H,1,31H2,2-10H3,(H,52,53,54,56)/t38-,39-,40+,42?/m0/s1. The highest BCUT2D eigenvalue weighted by atomic mass is 35.5. The molecule has 4 atom stereocenters. The number of anilines is 1. The minimum atomic E-state index is -3.10. The molecule has 1 saturated carbocycles. The van der Waals surface area contributed by atoms with E-state index in [1.165, 1.54) is 10.4 Å². The Bertz CT molecular complexity index is 2370. The molecule has 1 aliphatic carbocycles. The molecule has 1 fully saturated rings. The maximum absolute atomic E-state index is 12.9. The summed E-state index contributed by atoms with van der Waals surface area (Å²) in [4.78, 5) is 26.8. The van der Waals surface area contributed by atoms with Crippen molar-refractivity contribution in [1.82, 2.24) is 19.5 Å². The van der Waals surface area contributed by atoms with Gasteiger partial charge in [-0.1, -0.05) is 181 Å². The van der Waals surface area contributed by atoms with Gasteiger partial charge in [-0.3, -0.25) is 5.32 Å². The maximum Gasteiger partial charge on any atom is 0.414 e. The molecule has 0 spiro atoms. The van der Waals surface area contributed by atoms with E-state index in [1.807, 2.05) is 16.7 Å². The first-order valence-corrected chi connectivity index (χ1v) is 24.6. The molecule has 12 heteroatoms. The van der Waals surface area contributed by atoms with Crippen molar-refractivity contribution in [2.75, 3.05) is 5.32 Å². The molecule has 0 bridgehead atoms. The molecule has 1 amide bonds. The molecule has 1 radical (unpaired) electrons. The second kappa shape index (κ2) is 17.5. The Labute approximate surface area is 368 Å². The lowest BCUT2D eigenvalue weighted by Gasteiger charge is -2.47. The van der Waals surface area contributed by atoms with Gasteiger partial charge in [0.1, 0.15) is 11.1 Å². The van der Waals surface area contributed by atoms with E-state index < -0.39 is 29.1 Å². The molecule has 1 aliphatic rings. The summed E-state index contributed by atoms with van der Waals surface area (Å²) in [5.41, 5.74) is 0.751. The predicted octanol–water partition coefficient (Wildman–Crippen LogP) is 9.13. The molecule has 4 aromatic carbocycles. The number of amides is 1. The van der Waals surface area contributed by atoms with Gasteiger partial charge in [0.25, 0.3) is 17.4 Å². The third-order valence-corrected chi connectivity index (χ3v) is 18.8. The minimum absolute atomic E-state index is 0.0163. The molecule has 2 aromatic heterocycles. The number of carbonyl (C=O) groups is 1. The average Bonchev–Trinajstić information content (AvgIpc) is 3.77. The molecule has 61 heavy (non-hydrogen) atoms. The van der Waals surface area contributed by atoms with Gasteiger partial charge in [0, 0.05) is 5.92 Å². The summed E-state index contributed by atoms with van der Waals surface area (Å²) in [5.74, 6) is -0.254. The van der Waals surface area contributed by atoms with Crippen molar-refractivity contribution in [3.05, 3.63) is 145 Å². The second-order valence-corrected chi connectivity index (χ2v) is 25.6. The van der Waals surface area contributed by atoms with Crippen molar-refractivity contribution in [3.63, 3.8) is 0 Å². The van der Waals surface area contributed by atoms with Crippen molar-refractivity contribution in [3.8, 4) is 0 Å². The van der Waals surface area contributed by atoms with Crippen LogP contribution in [0, 0.1) is 11.3 Å². The number of nitrogens with one attached hydrogen (secondary N) is 1. The first kappa shape index (κ1) is 44.1. The van der Waals surface area contributed by atoms with Crippen molar-refractivity contribution in [1.29, 1.82) is 0 Å². The number of nitrogens with zero attached hydrogens (tertiary/aromatic N) is 4.